The van der Waals surface area contributed by atoms with Crippen molar-refractivity contribution in [2.75, 3.05) is 36.5 Å². The number of sulfone groups is 1. The number of hydrogen-bond acceptors (Lipinski definition) is 4. The molecule has 0 bridgehead atoms. The summed E-state index contributed by atoms with van der Waals surface area (Å²) in [4.78, 5) is 1.86. The van der Waals surface area contributed by atoms with E-state index in [1.165, 1.54) is 6.07 Å². The van der Waals surface area contributed by atoms with E-state index in [9.17, 15) is 12.8 Å². The minimum absolute atomic E-state index is 0.0144. The van der Waals surface area contributed by atoms with Crippen LogP contribution in [0.25, 0.3) is 0 Å². The van der Waals surface area contributed by atoms with Crippen molar-refractivity contribution in [2.24, 2.45) is 0 Å². The van der Waals surface area contributed by atoms with Gasteiger partial charge in [0.25, 0.3) is 0 Å². The van der Waals surface area contributed by atoms with Crippen LogP contribution in [0.2, 0.25) is 0 Å². The van der Waals surface area contributed by atoms with Gasteiger partial charge in [0.05, 0.1) is 17.2 Å². The summed E-state index contributed by atoms with van der Waals surface area (Å²) in [6.07, 6.45) is 0.546. The molecule has 0 amide bonds. The number of hydrogen-bond donors (Lipinski definition) is 1. The van der Waals surface area contributed by atoms with Gasteiger partial charge in [-0.15, -0.1) is 0 Å². The molecule has 1 aliphatic heterocycles. The normalized spacial score (nSPS) is 20.4. The summed E-state index contributed by atoms with van der Waals surface area (Å²) in [5.41, 5.74) is 1.40. The number of para-hydroxylation sites is 1. The van der Waals surface area contributed by atoms with E-state index < -0.39 is 9.84 Å². The van der Waals surface area contributed by atoms with Gasteiger partial charge in [0, 0.05) is 19.1 Å². The molecule has 6 heteroatoms. The largest absolute Gasteiger partial charge is 0.368 e. The fraction of sp³-hybridized carbons (Fsp3) is 0.571. The highest BCUT2D eigenvalue weighted by Gasteiger charge is 2.24. The molecule has 0 aliphatic carbocycles. The van der Waals surface area contributed by atoms with Crippen LogP contribution in [0.3, 0.4) is 0 Å². The van der Waals surface area contributed by atoms with Gasteiger partial charge in [-0.25, -0.2) is 12.8 Å². The van der Waals surface area contributed by atoms with Crippen molar-refractivity contribution in [3.8, 4) is 0 Å². The standard InChI is InChI=1S/C14H21FN2O2S/c1-11(16-2)12-5-3-6-13(15)14(12)17-7-4-9-20(18,19)10-8-17/h3,5-6,11,16H,4,7-10H2,1-2H3. The highest BCUT2D eigenvalue weighted by Crippen LogP contribution is 2.30. The zero-order valence-corrected chi connectivity index (χ0v) is 12.7. The second-order valence-corrected chi connectivity index (χ2v) is 7.48. The van der Waals surface area contributed by atoms with E-state index >= 15 is 0 Å². The molecule has 2 rings (SSSR count). The van der Waals surface area contributed by atoms with Gasteiger partial charge in [-0.3, -0.25) is 0 Å². The number of anilines is 1. The highest BCUT2D eigenvalue weighted by atomic mass is 32.2. The molecule has 1 atom stereocenters. The van der Waals surface area contributed by atoms with Crippen molar-refractivity contribution < 1.29 is 12.8 Å². The first-order valence-electron chi connectivity index (χ1n) is 6.85. The van der Waals surface area contributed by atoms with Crippen molar-refractivity contribution in [3.05, 3.63) is 29.6 Å². The van der Waals surface area contributed by atoms with Crippen LogP contribution >= 0.6 is 0 Å². The zero-order chi connectivity index (χ0) is 14.8. The summed E-state index contributed by atoms with van der Waals surface area (Å²) in [7, 11) is -1.17. The Balaban J connectivity index is 2.36. The quantitative estimate of drug-likeness (QED) is 0.923. The van der Waals surface area contributed by atoms with Crippen LogP contribution in [-0.4, -0.2) is 40.1 Å². The van der Waals surface area contributed by atoms with Crippen molar-refractivity contribution in [1.82, 2.24) is 5.32 Å². The maximum absolute atomic E-state index is 14.2. The van der Waals surface area contributed by atoms with Gasteiger partial charge in [-0.05, 0) is 32.0 Å². The molecule has 1 N–H and O–H groups in total. The van der Waals surface area contributed by atoms with E-state index in [1.807, 2.05) is 24.9 Å². The lowest BCUT2D eigenvalue weighted by molar-refractivity contribution is 0.595. The molecular weight excluding hydrogens is 279 g/mol. The number of halogens is 1. The fourth-order valence-electron chi connectivity index (χ4n) is 2.53. The maximum atomic E-state index is 14.2. The second-order valence-electron chi connectivity index (χ2n) is 5.18. The van der Waals surface area contributed by atoms with Crippen LogP contribution in [-0.2, 0) is 9.84 Å². The predicted molar refractivity (Wildman–Crippen MR) is 79.4 cm³/mol. The lowest BCUT2D eigenvalue weighted by Gasteiger charge is -2.27. The summed E-state index contributed by atoms with van der Waals surface area (Å²) in [5.74, 6) is -0.00673. The predicted octanol–water partition coefficient (Wildman–Crippen LogP) is 1.73. The van der Waals surface area contributed by atoms with Crippen molar-refractivity contribution in [2.45, 2.75) is 19.4 Å². The van der Waals surface area contributed by atoms with Crippen molar-refractivity contribution in [1.29, 1.82) is 0 Å². The third-order valence-electron chi connectivity index (χ3n) is 3.79. The van der Waals surface area contributed by atoms with Crippen LogP contribution in [0.1, 0.15) is 24.9 Å². The minimum atomic E-state index is -2.99. The molecule has 1 unspecified atom stereocenters. The Kier molecular flexibility index (Phi) is 4.65. The molecule has 1 fully saturated rings. The summed E-state index contributed by atoms with van der Waals surface area (Å²) < 4.78 is 37.6. The second kappa shape index (κ2) is 6.10. The van der Waals surface area contributed by atoms with Gasteiger partial charge in [-0.1, -0.05) is 12.1 Å². The van der Waals surface area contributed by atoms with Crippen LogP contribution in [0.5, 0.6) is 0 Å². The first-order valence-corrected chi connectivity index (χ1v) is 8.68. The zero-order valence-electron chi connectivity index (χ0n) is 11.9. The number of nitrogens with one attached hydrogen (secondary N) is 1. The highest BCUT2D eigenvalue weighted by molar-refractivity contribution is 7.91. The molecule has 20 heavy (non-hydrogen) atoms. The maximum Gasteiger partial charge on any atom is 0.152 e. The number of nitrogens with zero attached hydrogens (tertiary/aromatic N) is 1. The molecule has 0 radical (unpaired) electrons. The summed E-state index contributed by atoms with van der Waals surface area (Å²) in [5, 5.41) is 3.11. The Morgan fingerprint density at radius 2 is 2.05 bits per heavy atom. The lowest BCUT2D eigenvalue weighted by Crippen LogP contribution is -2.30. The molecular formula is C14H21FN2O2S. The first kappa shape index (κ1) is 15.3. The first-order chi connectivity index (χ1) is 9.44. The minimum Gasteiger partial charge on any atom is -0.368 e. The van der Waals surface area contributed by atoms with Gasteiger partial charge in [0.15, 0.2) is 9.84 Å². The Morgan fingerprint density at radius 1 is 1.30 bits per heavy atom. The number of benzene rings is 1. The van der Waals surface area contributed by atoms with Crippen LogP contribution in [0.4, 0.5) is 10.1 Å². The smallest absolute Gasteiger partial charge is 0.152 e. The molecule has 4 nitrogen and oxygen atoms in total. The van der Waals surface area contributed by atoms with Gasteiger partial charge in [0.2, 0.25) is 0 Å². The van der Waals surface area contributed by atoms with Crippen molar-refractivity contribution in [3.63, 3.8) is 0 Å². The van der Waals surface area contributed by atoms with E-state index in [4.69, 9.17) is 0 Å². The average molecular weight is 300 g/mol. The van der Waals surface area contributed by atoms with Gasteiger partial charge in [-0.2, -0.15) is 0 Å². The van der Waals surface area contributed by atoms with E-state index in [1.54, 1.807) is 6.07 Å². The third-order valence-corrected chi connectivity index (χ3v) is 5.50. The average Bonchev–Trinajstić information content (AvgIpc) is 2.58. The molecule has 0 spiro atoms. The molecule has 112 valence electrons. The molecule has 1 saturated heterocycles. The SMILES string of the molecule is CNC(C)c1cccc(F)c1N1CCCS(=O)(=O)CC1. The van der Waals surface area contributed by atoms with E-state index in [0.29, 0.717) is 25.2 Å². The van der Waals surface area contributed by atoms with Gasteiger partial charge < -0.3 is 10.2 Å². The Morgan fingerprint density at radius 3 is 2.75 bits per heavy atom. The topological polar surface area (TPSA) is 49.4 Å². The summed E-state index contributed by atoms with van der Waals surface area (Å²) in [6.45, 7) is 2.89. The summed E-state index contributed by atoms with van der Waals surface area (Å²) in [6, 6.07) is 5.02. The van der Waals surface area contributed by atoms with Gasteiger partial charge >= 0.3 is 0 Å². The lowest BCUT2D eigenvalue weighted by atomic mass is 10.0. The van der Waals surface area contributed by atoms with Crippen LogP contribution < -0.4 is 10.2 Å². The molecule has 1 aromatic rings. The number of rotatable bonds is 3. The van der Waals surface area contributed by atoms with E-state index in [-0.39, 0.29) is 23.4 Å². The Bertz CT molecular complexity index is 575. The molecule has 1 aliphatic rings. The monoisotopic (exact) mass is 300 g/mol. The van der Waals surface area contributed by atoms with Crippen LogP contribution in [0, 0.1) is 5.82 Å². The molecule has 1 aromatic carbocycles. The molecule has 0 aromatic heterocycles. The van der Waals surface area contributed by atoms with E-state index in [0.717, 1.165) is 5.56 Å². The van der Waals surface area contributed by atoms with Crippen LogP contribution in [0.15, 0.2) is 18.2 Å². The Hall–Kier alpha value is -1.14. The fourth-order valence-corrected chi connectivity index (χ4v) is 3.80. The molecule has 0 saturated carbocycles. The van der Waals surface area contributed by atoms with Crippen molar-refractivity contribution >= 4 is 15.5 Å². The Labute approximate surface area is 119 Å². The third kappa shape index (κ3) is 3.30. The molecule has 1 heterocycles. The van der Waals surface area contributed by atoms with Gasteiger partial charge in [0.1, 0.15) is 5.82 Å². The summed E-state index contributed by atoms with van der Waals surface area (Å²) >= 11 is 0. The van der Waals surface area contributed by atoms with E-state index in [2.05, 4.69) is 5.32 Å².